The van der Waals surface area contributed by atoms with E-state index in [1.54, 1.807) is 12.4 Å². The second-order valence-corrected chi connectivity index (χ2v) is 7.43. The normalized spacial score (nSPS) is 15.1. The molecule has 1 saturated heterocycles. The number of anilines is 1. The number of carbonyl (C=O) groups excluding carboxylic acids is 1. The van der Waals surface area contributed by atoms with Crippen LogP contribution in [0.25, 0.3) is 32.9 Å². The van der Waals surface area contributed by atoms with E-state index < -0.39 is 0 Å². The number of nitrogens with zero attached hydrogens (tertiary/aromatic N) is 3. The molecular weight excluding hydrogens is 382 g/mol. The lowest BCUT2D eigenvalue weighted by Gasteiger charge is -2.26. The second-order valence-electron chi connectivity index (χ2n) is 7.43. The number of pyridine rings is 1. The monoisotopic (exact) mass is 405 g/mol. The van der Waals surface area contributed by atoms with Crippen molar-refractivity contribution in [1.82, 2.24) is 30.4 Å². The number of H-pyrrole nitrogens is 2. The molecule has 154 valence electrons. The summed E-state index contributed by atoms with van der Waals surface area (Å²) in [6.45, 7) is 4.66. The van der Waals surface area contributed by atoms with Gasteiger partial charge >= 0.3 is 0 Å². The van der Waals surface area contributed by atoms with E-state index in [2.05, 4.69) is 30.4 Å². The number of benzene rings is 1. The Hall–Kier alpha value is -3.43. The minimum atomic E-state index is -0.125. The molecule has 0 aliphatic carbocycles. The summed E-state index contributed by atoms with van der Waals surface area (Å²) in [5.74, 6) is 0.328. The number of rotatable bonds is 5. The molecule has 5 N–H and O–H groups in total. The molecule has 0 bridgehead atoms. The lowest BCUT2D eigenvalue weighted by atomic mass is 10.00. The highest BCUT2D eigenvalue weighted by molar-refractivity contribution is 6.08. The van der Waals surface area contributed by atoms with Gasteiger partial charge in [-0.1, -0.05) is 0 Å². The van der Waals surface area contributed by atoms with Crippen LogP contribution in [0.2, 0.25) is 0 Å². The van der Waals surface area contributed by atoms with Crippen LogP contribution in [-0.4, -0.2) is 70.4 Å². The number of aromatic nitrogens is 4. The highest BCUT2D eigenvalue weighted by atomic mass is 16.5. The Balaban J connectivity index is 1.44. The van der Waals surface area contributed by atoms with Gasteiger partial charge in [0.15, 0.2) is 0 Å². The van der Waals surface area contributed by atoms with Crippen molar-refractivity contribution in [3.8, 4) is 11.1 Å². The van der Waals surface area contributed by atoms with E-state index in [1.807, 2.05) is 24.4 Å². The van der Waals surface area contributed by atoms with Gasteiger partial charge in [0, 0.05) is 48.7 Å². The Labute approximate surface area is 172 Å². The van der Waals surface area contributed by atoms with E-state index in [-0.39, 0.29) is 5.91 Å². The minimum absolute atomic E-state index is 0.125. The molecule has 4 aromatic rings. The van der Waals surface area contributed by atoms with Crippen LogP contribution in [-0.2, 0) is 4.74 Å². The third-order valence-electron chi connectivity index (χ3n) is 5.51. The van der Waals surface area contributed by atoms with E-state index in [9.17, 15) is 4.79 Å². The summed E-state index contributed by atoms with van der Waals surface area (Å²) in [7, 11) is 0. The first-order valence-electron chi connectivity index (χ1n) is 9.97. The van der Waals surface area contributed by atoms with Crippen LogP contribution in [0.5, 0.6) is 0 Å². The number of nitrogens with two attached hydrogens (primary N) is 1. The number of nitrogens with one attached hydrogen (secondary N) is 3. The van der Waals surface area contributed by atoms with Crippen LogP contribution in [0, 0.1) is 0 Å². The fraction of sp³-hybridized carbons (Fsp3) is 0.286. The van der Waals surface area contributed by atoms with Gasteiger partial charge in [-0.2, -0.15) is 5.10 Å². The molecule has 1 amide bonds. The molecule has 4 heterocycles. The Morgan fingerprint density at radius 3 is 2.97 bits per heavy atom. The molecule has 0 atom stereocenters. The van der Waals surface area contributed by atoms with Crippen molar-refractivity contribution in [3.63, 3.8) is 0 Å². The van der Waals surface area contributed by atoms with E-state index in [0.717, 1.165) is 65.8 Å². The lowest BCUT2D eigenvalue weighted by molar-refractivity contribution is 0.0383. The van der Waals surface area contributed by atoms with Crippen LogP contribution in [0.4, 0.5) is 5.82 Å². The van der Waals surface area contributed by atoms with Crippen LogP contribution in [0.3, 0.4) is 0 Å². The van der Waals surface area contributed by atoms with Crippen molar-refractivity contribution in [2.75, 3.05) is 45.1 Å². The van der Waals surface area contributed by atoms with E-state index >= 15 is 0 Å². The van der Waals surface area contributed by atoms with Gasteiger partial charge in [0.1, 0.15) is 5.82 Å². The van der Waals surface area contributed by atoms with Gasteiger partial charge in [-0.05, 0) is 23.8 Å². The fourth-order valence-electron chi connectivity index (χ4n) is 3.92. The predicted molar refractivity (Wildman–Crippen MR) is 115 cm³/mol. The quantitative estimate of drug-likeness (QED) is 0.401. The van der Waals surface area contributed by atoms with Gasteiger partial charge in [0.2, 0.25) is 0 Å². The van der Waals surface area contributed by atoms with Crippen LogP contribution in [0.15, 0.2) is 36.8 Å². The zero-order valence-electron chi connectivity index (χ0n) is 16.4. The van der Waals surface area contributed by atoms with Crippen molar-refractivity contribution < 1.29 is 9.53 Å². The molecule has 1 fully saturated rings. The maximum absolute atomic E-state index is 13.0. The van der Waals surface area contributed by atoms with Gasteiger partial charge in [-0.3, -0.25) is 14.8 Å². The standard InChI is InChI=1S/C21H23N7O2/c22-19-9-15-17(11-24-18(15)12-25-19)13-7-14-10-26-27-20(14)16(8-13)21(29)23-1-2-28-3-5-30-6-4-28/h7-12,24H,1-6H2,(H2,22,25)(H,23,29)(H,26,27). The fourth-order valence-corrected chi connectivity index (χ4v) is 3.92. The molecule has 5 rings (SSSR count). The van der Waals surface area contributed by atoms with Crippen molar-refractivity contribution in [2.45, 2.75) is 0 Å². The molecule has 9 nitrogen and oxygen atoms in total. The minimum Gasteiger partial charge on any atom is -0.384 e. The number of aromatic amines is 2. The number of hydrogen-bond acceptors (Lipinski definition) is 6. The lowest BCUT2D eigenvalue weighted by Crippen LogP contribution is -2.41. The second kappa shape index (κ2) is 7.77. The van der Waals surface area contributed by atoms with Crippen LogP contribution < -0.4 is 11.1 Å². The largest absolute Gasteiger partial charge is 0.384 e. The maximum atomic E-state index is 13.0. The zero-order chi connectivity index (χ0) is 20.5. The SMILES string of the molecule is Nc1cc2c(-c3cc(C(=O)NCCN4CCOCC4)c4[nH]ncc4c3)c[nH]c2cn1. The Bertz CT molecular complexity index is 1210. The maximum Gasteiger partial charge on any atom is 0.253 e. The number of morpholine rings is 1. The van der Waals surface area contributed by atoms with Crippen molar-refractivity contribution in [1.29, 1.82) is 0 Å². The van der Waals surface area contributed by atoms with Crippen LogP contribution >= 0.6 is 0 Å². The smallest absolute Gasteiger partial charge is 0.253 e. The number of nitrogen functional groups attached to an aromatic ring is 1. The van der Waals surface area contributed by atoms with Crippen molar-refractivity contribution in [2.24, 2.45) is 0 Å². The van der Waals surface area contributed by atoms with E-state index in [1.165, 1.54) is 0 Å². The molecule has 1 aromatic carbocycles. The summed E-state index contributed by atoms with van der Waals surface area (Å²) < 4.78 is 5.37. The van der Waals surface area contributed by atoms with Gasteiger partial charge in [-0.25, -0.2) is 4.98 Å². The number of carbonyl (C=O) groups is 1. The van der Waals surface area contributed by atoms with Crippen LogP contribution in [0.1, 0.15) is 10.4 Å². The predicted octanol–water partition coefficient (Wildman–Crippen LogP) is 1.75. The van der Waals surface area contributed by atoms with Gasteiger partial charge in [-0.15, -0.1) is 0 Å². The zero-order valence-corrected chi connectivity index (χ0v) is 16.4. The molecule has 0 saturated carbocycles. The average molecular weight is 405 g/mol. The molecular formula is C21H23N7O2. The molecule has 9 heteroatoms. The molecule has 1 aliphatic heterocycles. The summed E-state index contributed by atoms with van der Waals surface area (Å²) >= 11 is 0. The van der Waals surface area contributed by atoms with Gasteiger partial charge in [0.25, 0.3) is 5.91 Å². The first-order valence-corrected chi connectivity index (χ1v) is 9.97. The number of hydrogen-bond donors (Lipinski definition) is 4. The Kier molecular flexibility index (Phi) is 4.82. The molecule has 1 aliphatic rings. The number of amides is 1. The van der Waals surface area contributed by atoms with E-state index in [0.29, 0.717) is 17.9 Å². The molecule has 30 heavy (non-hydrogen) atoms. The van der Waals surface area contributed by atoms with Gasteiger partial charge in [0.05, 0.1) is 42.2 Å². The topological polar surface area (TPSA) is 125 Å². The number of fused-ring (bicyclic) bond motifs is 2. The molecule has 0 spiro atoms. The summed E-state index contributed by atoms with van der Waals surface area (Å²) in [6.07, 6.45) is 5.35. The Morgan fingerprint density at radius 2 is 2.10 bits per heavy atom. The van der Waals surface area contributed by atoms with Gasteiger partial charge < -0.3 is 20.8 Å². The summed E-state index contributed by atoms with van der Waals surface area (Å²) in [4.78, 5) is 22.6. The number of ether oxygens (including phenoxy) is 1. The van der Waals surface area contributed by atoms with Crippen molar-refractivity contribution >= 4 is 33.5 Å². The molecule has 3 aromatic heterocycles. The Morgan fingerprint density at radius 1 is 1.23 bits per heavy atom. The molecule has 0 unspecified atom stereocenters. The first-order chi connectivity index (χ1) is 14.7. The third-order valence-corrected chi connectivity index (χ3v) is 5.51. The first kappa shape index (κ1) is 18.6. The summed E-state index contributed by atoms with van der Waals surface area (Å²) in [5.41, 5.74) is 9.95. The summed E-state index contributed by atoms with van der Waals surface area (Å²) in [5, 5.41) is 12.0. The van der Waals surface area contributed by atoms with E-state index in [4.69, 9.17) is 10.5 Å². The average Bonchev–Trinajstić information content (AvgIpc) is 3.40. The summed E-state index contributed by atoms with van der Waals surface area (Å²) in [6, 6.07) is 5.75. The highest BCUT2D eigenvalue weighted by Gasteiger charge is 2.17. The molecule has 0 radical (unpaired) electrons. The van der Waals surface area contributed by atoms with Crippen molar-refractivity contribution in [3.05, 3.63) is 42.4 Å². The highest BCUT2D eigenvalue weighted by Crippen LogP contribution is 2.32. The third kappa shape index (κ3) is 3.49.